The second-order valence-corrected chi connectivity index (χ2v) is 13.9. The molecule has 5 aromatic carbocycles. The Kier molecular flexibility index (Phi) is 8.04. The van der Waals surface area contributed by atoms with Gasteiger partial charge in [-0.15, -0.1) is 17.7 Å². The fraction of sp³-hybridized carbons (Fsp3) is 0.163. The summed E-state index contributed by atoms with van der Waals surface area (Å²) in [6.07, 6.45) is 1.85. The Bertz CT molecular complexity index is 2240. The number of nitrogens with zero attached hydrogens (tertiary/aromatic N) is 4. The molecule has 0 N–H and O–H groups in total. The second kappa shape index (κ2) is 12.1. The Morgan fingerprint density at radius 2 is 1.29 bits per heavy atom. The molecule has 0 fully saturated rings. The van der Waals surface area contributed by atoms with Gasteiger partial charge in [0.05, 0.1) is 0 Å². The molecule has 0 unspecified atom stereocenters. The van der Waals surface area contributed by atoms with Crippen molar-refractivity contribution in [3.05, 3.63) is 163 Å². The second-order valence-electron chi connectivity index (χ2n) is 13.9. The average molecular weight is 805 g/mol. The molecular formula is C43H37N4Pt-3. The molecule has 242 valence electrons. The van der Waals surface area contributed by atoms with Crippen molar-refractivity contribution in [2.24, 2.45) is 0 Å². The van der Waals surface area contributed by atoms with Crippen LogP contribution in [0.5, 0.6) is 0 Å². The molecule has 0 amide bonds. The van der Waals surface area contributed by atoms with E-state index in [2.05, 4.69) is 177 Å². The summed E-state index contributed by atoms with van der Waals surface area (Å²) >= 11 is 0. The first kappa shape index (κ1) is 31.9. The van der Waals surface area contributed by atoms with E-state index in [9.17, 15) is 0 Å². The zero-order valence-electron chi connectivity index (χ0n) is 27.8. The van der Waals surface area contributed by atoms with Gasteiger partial charge in [0, 0.05) is 49.8 Å². The Balaban J connectivity index is 0.00000364. The first-order chi connectivity index (χ1) is 22.7. The van der Waals surface area contributed by atoms with E-state index >= 15 is 0 Å². The minimum Gasteiger partial charge on any atom is -0.493 e. The van der Waals surface area contributed by atoms with Crippen molar-refractivity contribution in [3.8, 4) is 5.82 Å². The zero-order chi connectivity index (χ0) is 32.3. The summed E-state index contributed by atoms with van der Waals surface area (Å²) in [5, 5.41) is 2.37. The van der Waals surface area contributed by atoms with Gasteiger partial charge in [-0.1, -0.05) is 88.7 Å². The van der Waals surface area contributed by atoms with E-state index in [4.69, 9.17) is 4.98 Å². The quantitative estimate of drug-likeness (QED) is 0.162. The summed E-state index contributed by atoms with van der Waals surface area (Å²) in [5.74, 6) is 0.888. The first-order valence-corrected chi connectivity index (χ1v) is 16.2. The van der Waals surface area contributed by atoms with Crippen molar-refractivity contribution in [1.82, 2.24) is 9.55 Å². The molecule has 0 saturated carbocycles. The van der Waals surface area contributed by atoms with E-state index in [-0.39, 0.29) is 31.9 Å². The minimum atomic E-state index is -0.364. The molecule has 48 heavy (non-hydrogen) atoms. The third kappa shape index (κ3) is 5.33. The molecule has 1 aliphatic rings. The monoisotopic (exact) mass is 804 g/mol. The Labute approximate surface area is 297 Å². The van der Waals surface area contributed by atoms with Gasteiger partial charge in [-0.2, -0.15) is 53.6 Å². The van der Waals surface area contributed by atoms with Crippen LogP contribution in [-0.4, -0.2) is 9.55 Å². The molecule has 0 aliphatic carbocycles. The maximum absolute atomic E-state index is 4.71. The summed E-state index contributed by atoms with van der Waals surface area (Å²) in [6.45, 7) is 13.5. The molecule has 0 spiro atoms. The number of fused-ring (bicyclic) bond motifs is 4. The number of pyridine rings is 1. The smallest absolute Gasteiger partial charge is 0.135 e. The van der Waals surface area contributed by atoms with Crippen LogP contribution >= 0.6 is 0 Å². The summed E-state index contributed by atoms with van der Waals surface area (Å²) in [4.78, 5) is 9.23. The van der Waals surface area contributed by atoms with E-state index in [0.29, 0.717) is 0 Å². The Hall–Kier alpha value is -4.66. The molecule has 1 aliphatic heterocycles. The number of hydrogen-bond acceptors (Lipinski definition) is 3. The van der Waals surface area contributed by atoms with E-state index in [0.717, 1.165) is 50.7 Å². The first-order valence-electron chi connectivity index (χ1n) is 16.2. The number of para-hydroxylation sites is 3. The third-order valence-corrected chi connectivity index (χ3v) is 9.49. The normalized spacial score (nSPS) is 13.2. The molecule has 0 saturated heterocycles. The molecule has 8 rings (SSSR count). The van der Waals surface area contributed by atoms with Gasteiger partial charge in [-0.3, -0.25) is 0 Å². The molecule has 0 atom stereocenters. The Morgan fingerprint density at radius 3 is 2.02 bits per heavy atom. The predicted molar refractivity (Wildman–Crippen MR) is 195 cm³/mol. The van der Waals surface area contributed by atoms with E-state index in [1.807, 2.05) is 18.3 Å². The van der Waals surface area contributed by atoms with Gasteiger partial charge in [0.1, 0.15) is 5.82 Å². The third-order valence-electron chi connectivity index (χ3n) is 9.49. The fourth-order valence-electron chi connectivity index (χ4n) is 6.72. The van der Waals surface area contributed by atoms with E-state index in [1.165, 1.54) is 16.3 Å². The van der Waals surface area contributed by atoms with Crippen LogP contribution in [0.1, 0.15) is 51.3 Å². The molecule has 2 aromatic heterocycles. The SMILES string of the molecule is CC(C)(C)c1ccc(N2[CH-]N(c3[c-]c(C(C)(C)c4[c-]c5c(cc4)c4ccccc4n5-c4ccccn4)ccc3)c3ccccc32)cc1.[Pt]. The van der Waals surface area contributed by atoms with E-state index < -0.39 is 0 Å². The van der Waals surface area contributed by atoms with Crippen LogP contribution < -0.4 is 9.80 Å². The molecular weight excluding hydrogens is 768 g/mol. The van der Waals surface area contributed by atoms with Crippen molar-refractivity contribution in [3.63, 3.8) is 0 Å². The van der Waals surface area contributed by atoms with Crippen molar-refractivity contribution in [2.75, 3.05) is 9.80 Å². The average Bonchev–Trinajstić information content (AvgIpc) is 3.65. The van der Waals surface area contributed by atoms with E-state index in [1.54, 1.807) is 0 Å². The largest absolute Gasteiger partial charge is 0.493 e. The van der Waals surface area contributed by atoms with Crippen LogP contribution in [0.2, 0.25) is 0 Å². The van der Waals surface area contributed by atoms with Crippen LogP contribution in [0.25, 0.3) is 27.6 Å². The molecule has 7 aromatic rings. The molecule has 0 bridgehead atoms. The van der Waals surface area contributed by atoms with Crippen molar-refractivity contribution < 1.29 is 21.1 Å². The van der Waals surface area contributed by atoms with Gasteiger partial charge >= 0.3 is 0 Å². The van der Waals surface area contributed by atoms with Gasteiger partial charge < -0.3 is 14.4 Å². The maximum atomic E-state index is 4.71. The molecule has 0 radical (unpaired) electrons. The maximum Gasteiger partial charge on any atom is 0.135 e. The van der Waals surface area contributed by atoms with Crippen LogP contribution in [0, 0.1) is 18.8 Å². The molecule has 3 heterocycles. The van der Waals surface area contributed by atoms with Crippen molar-refractivity contribution >= 4 is 44.6 Å². The van der Waals surface area contributed by atoms with Gasteiger partial charge in [-0.05, 0) is 64.2 Å². The summed E-state index contributed by atoms with van der Waals surface area (Å²) < 4.78 is 2.23. The fourth-order valence-corrected chi connectivity index (χ4v) is 6.72. The topological polar surface area (TPSA) is 24.3 Å². The number of aromatic nitrogens is 2. The molecule has 5 heteroatoms. The summed E-state index contributed by atoms with van der Waals surface area (Å²) in [5.41, 5.74) is 9.84. The number of rotatable bonds is 5. The summed E-state index contributed by atoms with van der Waals surface area (Å²) in [6, 6.07) is 50.6. The number of anilines is 4. The van der Waals surface area contributed by atoms with Crippen molar-refractivity contribution in [2.45, 2.75) is 45.4 Å². The van der Waals surface area contributed by atoms with Crippen LogP contribution in [0.4, 0.5) is 22.7 Å². The van der Waals surface area contributed by atoms with Crippen molar-refractivity contribution in [1.29, 1.82) is 0 Å². The number of benzene rings is 5. The van der Waals surface area contributed by atoms with Gasteiger partial charge in [0.2, 0.25) is 0 Å². The van der Waals surface area contributed by atoms with Crippen LogP contribution in [0.3, 0.4) is 0 Å². The Morgan fingerprint density at radius 1 is 0.604 bits per heavy atom. The van der Waals surface area contributed by atoms with Crippen LogP contribution in [0.15, 0.2) is 128 Å². The number of hydrogen-bond donors (Lipinski definition) is 0. The predicted octanol–water partition coefficient (Wildman–Crippen LogP) is 10.8. The zero-order valence-corrected chi connectivity index (χ0v) is 30.1. The minimum absolute atomic E-state index is 0. The molecule has 4 nitrogen and oxygen atoms in total. The summed E-state index contributed by atoms with van der Waals surface area (Å²) in [7, 11) is 0. The van der Waals surface area contributed by atoms with Gasteiger partial charge in [-0.25, -0.2) is 4.98 Å². The van der Waals surface area contributed by atoms with Gasteiger partial charge in [0.15, 0.2) is 0 Å². The van der Waals surface area contributed by atoms with Gasteiger partial charge in [0.25, 0.3) is 0 Å². The standard InChI is InChI=1S/C43H37N4.Pt/c1-42(2,3)30-20-23-33(24-21-30)45-29-46(39-18-9-8-17-38(39)45)34-14-12-13-31(27-34)43(4,5)32-22-25-36-35-15-6-7-16-37(35)47(40(36)28-32)41-19-10-11-26-44-41;/h6-26,29H,1-5H3;/q-3;. The van der Waals surface area contributed by atoms with Crippen LogP contribution in [-0.2, 0) is 31.9 Å².